The zero-order chi connectivity index (χ0) is 14.8. The Bertz CT molecular complexity index is 670. The van der Waals surface area contributed by atoms with Gasteiger partial charge in [0.1, 0.15) is 10.8 Å². The van der Waals surface area contributed by atoms with Crippen LogP contribution in [0, 0.1) is 5.92 Å². The van der Waals surface area contributed by atoms with Gasteiger partial charge in [-0.1, -0.05) is 30.4 Å². The predicted molar refractivity (Wildman–Crippen MR) is 91.7 cm³/mol. The van der Waals surface area contributed by atoms with Crippen molar-refractivity contribution < 1.29 is 0 Å². The van der Waals surface area contributed by atoms with Crippen molar-refractivity contribution in [1.82, 2.24) is 9.88 Å². The largest absolute Gasteiger partial charge is 0.389 e. The molecule has 1 atom stereocenters. The maximum Gasteiger partial charge on any atom is 0.127 e. The number of fused-ring (bicyclic) bond motifs is 1. The molecule has 1 aliphatic heterocycles. The Labute approximate surface area is 130 Å². The second-order valence-electron chi connectivity index (χ2n) is 5.73. The Morgan fingerprint density at radius 3 is 3.00 bits per heavy atom. The number of hydrogen-bond donors (Lipinski definition) is 2. The average molecular weight is 300 g/mol. The third kappa shape index (κ3) is 3.14. The third-order valence-electron chi connectivity index (χ3n) is 4.04. The van der Waals surface area contributed by atoms with E-state index < -0.39 is 0 Å². The van der Waals surface area contributed by atoms with Gasteiger partial charge in [0.05, 0.1) is 5.52 Å². The average Bonchev–Trinajstić information content (AvgIpc) is 2.89. The Morgan fingerprint density at radius 1 is 1.48 bits per heavy atom. The maximum absolute atomic E-state index is 5.85. The molecule has 1 unspecified atom stereocenters. The summed E-state index contributed by atoms with van der Waals surface area (Å²) in [5.74, 6) is 1.53. The summed E-state index contributed by atoms with van der Waals surface area (Å²) in [5, 5.41) is 4.45. The smallest absolute Gasteiger partial charge is 0.127 e. The topological polar surface area (TPSA) is 54.2 Å². The van der Waals surface area contributed by atoms with Crippen molar-refractivity contribution in [1.29, 1.82) is 0 Å². The van der Waals surface area contributed by atoms with Gasteiger partial charge in [0, 0.05) is 24.0 Å². The fraction of sp³-hybridized carbons (Fsp3) is 0.375. The minimum absolute atomic E-state index is 0.414. The molecule has 1 saturated heterocycles. The van der Waals surface area contributed by atoms with Gasteiger partial charge in [-0.25, -0.2) is 4.98 Å². The molecule has 110 valence electrons. The lowest BCUT2D eigenvalue weighted by molar-refractivity contribution is 0.399. The van der Waals surface area contributed by atoms with Crippen LogP contribution in [0.1, 0.15) is 12.0 Å². The van der Waals surface area contributed by atoms with Gasteiger partial charge in [0.2, 0.25) is 0 Å². The molecule has 21 heavy (non-hydrogen) atoms. The maximum atomic E-state index is 5.85. The lowest BCUT2D eigenvalue weighted by Gasteiger charge is -2.14. The molecule has 0 amide bonds. The Balaban J connectivity index is 1.83. The van der Waals surface area contributed by atoms with E-state index >= 15 is 0 Å². The fourth-order valence-electron chi connectivity index (χ4n) is 2.91. The van der Waals surface area contributed by atoms with Gasteiger partial charge in [0.25, 0.3) is 0 Å². The normalized spacial score (nSPS) is 19.0. The van der Waals surface area contributed by atoms with E-state index in [2.05, 4.69) is 22.2 Å². The predicted octanol–water partition coefficient (Wildman–Crippen LogP) is 2.23. The van der Waals surface area contributed by atoms with Gasteiger partial charge in [-0.05, 0) is 38.1 Å². The molecule has 0 spiro atoms. The number of hydrogen-bond acceptors (Lipinski definition) is 4. The SMILES string of the molecule is CN1CCC(CNc2cc(C(N)=S)c3ccccc3n2)C1. The highest BCUT2D eigenvalue weighted by atomic mass is 32.1. The Kier molecular flexibility index (Phi) is 4.03. The van der Waals surface area contributed by atoms with Crippen molar-refractivity contribution >= 4 is 33.9 Å². The first kappa shape index (κ1) is 14.2. The summed E-state index contributed by atoms with van der Waals surface area (Å²) in [6, 6.07) is 9.92. The molecule has 3 rings (SSSR count). The molecule has 5 heteroatoms. The Hall–Kier alpha value is -1.72. The number of anilines is 1. The van der Waals surface area contributed by atoms with Crippen LogP contribution in [0.2, 0.25) is 0 Å². The minimum atomic E-state index is 0.414. The van der Waals surface area contributed by atoms with E-state index in [1.54, 1.807) is 0 Å². The van der Waals surface area contributed by atoms with Gasteiger partial charge in [-0.3, -0.25) is 0 Å². The van der Waals surface area contributed by atoms with Gasteiger partial charge in [-0.15, -0.1) is 0 Å². The molecule has 0 saturated carbocycles. The summed E-state index contributed by atoms with van der Waals surface area (Å²) in [4.78, 5) is 7.43. The van der Waals surface area contributed by atoms with E-state index in [0.717, 1.165) is 35.4 Å². The number of likely N-dealkylation sites (tertiary alicyclic amines) is 1. The molecule has 1 fully saturated rings. The van der Waals surface area contributed by atoms with Crippen molar-refractivity contribution in [3.63, 3.8) is 0 Å². The quantitative estimate of drug-likeness (QED) is 0.848. The number of pyridine rings is 1. The van der Waals surface area contributed by atoms with Crippen molar-refractivity contribution in [2.45, 2.75) is 6.42 Å². The summed E-state index contributed by atoms with van der Waals surface area (Å²) in [7, 11) is 2.17. The molecule has 1 aromatic carbocycles. The van der Waals surface area contributed by atoms with Crippen molar-refractivity contribution in [3.05, 3.63) is 35.9 Å². The molecule has 2 heterocycles. The molecule has 3 N–H and O–H groups in total. The van der Waals surface area contributed by atoms with Crippen molar-refractivity contribution in [3.8, 4) is 0 Å². The van der Waals surface area contributed by atoms with Crippen LogP contribution in [0.4, 0.5) is 5.82 Å². The molecule has 0 aliphatic carbocycles. The summed E-state index contributed by atoms with van der Waals surface area (Å²) in [6.45, 7) is 3.25. The molecular weight excluding hydrogens is 280 g/mol. The van der Waals surface area contributed by atoms with Gasteiger partial charge in [-0.2, -0.15) is 0 Å². The number of thiocarbonyl (C=S) groups is 1. The number of para-hydroxylation sites is 1. The number of aromatic nitrogens is 1. The van der Waals surface area contributed by atoms with Crippen LogP contribution in [0.25, 0.3) is 10.9 Å². The van der Waals surface area contributed by atoms with E-state index in [9.17, 15) is 0 Å². The highest BCUT2D eigenvalue weighted by Crippen LogP contribution is 2.22. The van der Waals surface area contributed by atoms with Crippen molar-refractivity contribution in [2.75, 3.05) is 32.0 Å². The minimum Gasteiger partial charge on any atom is -0.389 e. The van der Waals surface area contributed by atoms with Crippen LogP contribution in [0.15, 0.2) is 30.3 Å². The zero-order valence-corrected chi connectivity index (χ0v) is 13.0. The molecular formula is C16H20N4S. The first-order valence-corrected chi connectivity index (χ1v) is 7.66. The molecule has 1 aromatic heterocycles. The summed E-state index contributed by atoms with van der Waals surface area (Å²) in [5.41, 5.74) is 7.67. The number of benzene rings is 1. The molecule has 4 nitrogen and oxygen atoms in total. The zero-order valence-electron chi connectivity index (χ0n) is 12.2. The molecule has 0 radical (unpaired) electrons. The first-order valence-electron chi connectivity index (χ1n) is 7.25. The van der Waals surface area contributed by atoms with Crippen LogP contribution in [-0.4, -0.2) is 41.6 Å². The number of rotatable bonds is 4. The summed E-state index contributed by atoms with van der Waals surface area (Å²) >= 11 is 5.17. The molecule has 0 bridgehead atoms. The number of nitrogens with one attached hydrogen (secondary N) is 1. The van der Waals surface area contributed by atoms with Crippen LogP contribution >= 0.6 is 12.2 Å². The van der Waals surface area contributed by atoms with Crippen LogP contribution in [0.3, 0.4) is 0 Å². The van der Waals surface area contributed by atoms with Crippen LogP contribution < -0.4 is 11.1 Å². The van der Waals surface area contributed by atoms with Gasteiger partial charge in [0.15, 0.2) is 0 Å². The van der Waals surface area contributed by atoms with Crippen molar-refractivity contribution in [2.24, 2.45) is 11.7 Å². The van der Waals surface area contributed by atoms with E-state index in [4.69, 9.17) is 18.0 Å². The summed E-state index contributed by atoms with van der Waals surface area (Å²) < 4.78 is 0. The van der Waals surface area contributed by atoms with Gasteiger partial charge < -0.3 is 16.0 Å². The fourth-order valence-corrected chi connectivity index (χ4v) is 3.08. The molecule has 2 aromatic rings. The van der Waals surface area contributed by atoms with E-state index in [1.807, 2.05) is 30.3 Å². The first-order chi connectivity index (χ1) is 10.1. The highest BCUT2D eigenvalue weighted by Gasteiger charge is 2.19. The van der Waals surface area contributed by atoms with Crippen LogP contribution in [-0.2, 0) is 0 Å². The van der Waals surface area contributed by atoms with Crippen LogP contribution in [0.5, 0.6) is 0 Å². The van der Waals surface area contributed by atoms with E-state index in [-0.39, 0.29) is 0 Å². The van der Waals surface area contributed by atoms with E-state index in [0.29, 0.717) is 10.9 Å². The lowest BCUT2D eigenvalue weighted by Crippen LogP contribution is -2.20. The standard InChI is InChI=1S/C16H20N4S/c1-20-7-6-11(10-20)9-18-15-8-13(16(17)21)12-4-2-3-5-14(12)19-15/h2-5,8,11H,6-7,9-10H2,1H3,(H2,17,21)(H,18,19). The third-order valence-corrected chi connectivity index (χ3v) is 4.26. The molecule has 1 aliphatic rings. The number of nitrogens with two attached hydrogens (primary N) is 1. The summed E-state index contributed by atoms with van der Waals surface area (Å²) in [6.07, 6.45) is 1.24. The number of nitrogens with zero attached hydrogens (tertiary/aromatic N) is 2. The monoisotopic (exact) mass is 300 g/mol. The Morgan fingerprint density at radius 2 is 2.29 bits per heavy atom. The van der Waals surface area contributed by atoms with Gasteiger partial charge >= 0.3 is 0 Å². The lowest BCUT2D eigenvalue weighted by atomic mass is 10.1. The highest BCUT2D eigenvalue weighted by molar-refractivity contribution is 7.80. The second kappa shape index (κ2) is 5.95. The second-order valence-corrected chi connectivity index (χ2v) is 6.17. The van der Waals surface area contributed by atoms with E-state index in [1.165, 1.54) is 13.0 Å².